The molecule has 2 atom stereocenters. The Hall–Kier alpha value is -1.34. The third-order valence-electron chi connectivity index (χ3n) is 3.33. The van der Waals surface area contributed by atoms with E-state index in [0.717, 1.165) is 0 Å². The highest BCUT2D eigenvalue weighted by atomic mass is 16.5. The number of urea groups is 1. The number of carboxylic acid groups (broad SMARTS) is 1. The smallest absolute Gasteiger partial charge is 0.317 e. The van der Waals surface area contributed by atoms with Crippen molar-refractivity contribution >= 4 is 12.0 Å². The molecule has 0 spiro atoms. The van der Waals surface area contributed by atoms with E-state index in [-0.39, 0.29) is 24.5 Å². The monoisotopic (exact) mass is 304 g/mol. The molecular formula is C14H28N2O5. The number of methoxy groups -OCH3 is 2. The van der Waals surface area contributed by atoms with Crippen molar-refractivity contribution in [2.24, 2.45) is 11.8 Å². The molecule has 0 saturated heterocycles. The van der Waals surface area contributed by atoms with Crippen LogP contribution in [0.2, 0.25) is 0 Å². The van der Waals surface area contributed by atoms with E-state index in [1.807, 2.05) is 20.8 Å². The van der Waals surface area contributed by atoms with Gasteiger partial charge in [0.05, 0.1) is 25.2 Å². The van der Waals surface area contributed by atoms with Gasteiger partial charge in [-0.2, -0.15) is 0 Å². The number of carboxylic acids is 1. The molecule has 0 rings (SSSR count). The molecule has 0 fully saturated rings. The normalized spacial score (nSPS) is 13.8. The van der Waals surface area contributed by atoms with Crippen LogP contribution in [0.5, 0.6) is 0 Å². The fourth-order valence-electron chi connectivity index (χ4n) is 1.95. The van der Waals surface area contributed by atoms with Gasteiger partial charge in [0.15, 0.2) is 0 Å². The molecule has 2 N–H and O–H groups in total. The first-order valence-corrected chi connectivity index (χ1v) is 7.10. The van der Waals surface area contributed by atoms with Crippen LogP contribution in [0.4, 0.5) is 4.79 Å². The van der Waals surface area contributed by atoms with Gasteiger partial charge in [-0.25, -0.2) is 4.79 Å². The second-order valence-electron chi connectivity index (χ2n) is 5.37. The number of carbonyl (C=O) groups is 2. The zero-order valence-electron chi connectivity index (χ0n) is 13.6. The van der Waals surface area contributed by atoms with Gasteiger partial charge in [0.2, 0.25) is 0 Å². The van der Waals surface area contributed by atoms with Crippen molar-refractivity contribution in [1.82, 2.24) is 10.2 Å². The average molecular weight is 304 g/mol. The van der Waals surface area contributed by atoms with Crippen LogP contribution in [0.3, 0.4) is 0 Å². The molecule has 0 heterocycles. The maximum Gasteiger partial charge on any atom is 0.317 e. The van der Waals surface area contributed by atoms with Gasteiger partial charge in [0, 0.05) is 27.3 Å². The molecule has 0 aliphatic rings. The van der Waals surface area contributed by atoms with Crippen molar-refractivity contribution < 1.29 is 24.2 Å². The van der Waals surface area contributed by atoms with E-state index in [0.29, 0.717) is 19.8 Å². The Labute approximate surface area is 126 Å². The number of nitrogens with zero attached hydrogens (tertiary/aromatic N) is 1. The minimum atomic E-state index is -0.904. The van der Waals surface area contributed by atoms with Gasteiger partial charge < -0.3 is 24.8 Å². The largest absolute Gasteiger partial charge is 0.481 e. The number of aliphatic carboxylic acids is 1. The summed E-state index contributed by atoms with van der Waals surface area (Å²) in [5.74, 6) is -1.55. The van der Waals surface area contributed by atoms with Crippen molar-refractivity contribution in [3.63, 3.8) is 0 Å². The van der Waals surface area contributed by atoms with E-state index in [1.54, 1.807) is 19.1 Å². The lowest BCUT2D eigenvalue weighted by atomic mass is 9.96. The molecule has 0 aromatic heterocycles. The third kappa shape index (κ3) is 7.29. The Morgan fingerprint density at radius 3 is 2.24 bits per heavy atom. The average Bonchev–Trinajstić information content (AvgIpc) is 2.38. The van der Waals surface area contributed by atoms with Crippen molar-refractivity contribution in [2.45, 2.75) is 26.8 Å². The topological polar surface area (TPSA) is 88.1 Å². The molecule has 0 aliphatic carbocycles. The Bertz CT molecular complexity index is 322. The Kier molecular flexibility index (Phi) is 9.73. The number of ether oxygens (including phenoxy) is 2. The van der Waals surface area contributed by atoms with E-state index >= 15 is 0 Å². The Morgan fingerprint density at radius 2 is 1.81 bits per heavy atom. The second-order valence-corrected chi connectivity index (χ2v) is 5.37. The minimum absolute atomic E-state index is 0.0494. The zero-order valence-corrected chi connectivity index (χ0v) is 13.6. The molecule has 0 aliphatic heterocycles. The van der Waals surface area contributed by atoms with E-state index in [9.17, 15) is 9.59 Å². The molecule has 21 heavy (non-hydrogen) atoms. The first-order valence-electron chi connectivity index (χ1n) is 7.10. The van der Waals surface area contributed by atoms with E-state index in [1.165, 1.54) is 0 Å². The molecule has 7 nitrogen and oxygen atoms in total. The summed E-state index contributed by atoms with van der Waals surface area (Å²) in [6.07, 6.45) is 0. The van der Waals surface area contributed by atoms with Crippen molar-refractivity contribution in [2.75, 3.05) is 40.5 Å². The lowest BCUT2D eigenvalue weighted by Crippen LogP contribution is -2.49. The second kappa shape index (κ2) is 10.4. The van der Waals surface area contributed by atoms with Gasteiger partial charge in [0.1, 0.15) is 0 Å². The van der Waals surface area contributed by atoms with E-state index < -0.39 is 11.9 Å². The van der Waals surface area contributed by atoms with Gasteiger partial charge in [-0.05, 0) is 12.8 Å². The summed E-state index contributed by atoms with van der Waals surface area (Å²) in [6, 6.07) is -0.420. The number of hydrogen-bond donors (Lipinski definition) is 2. The highest BCUT2D eigenvalue weighted by Crippen LogP contribution is 2.10. The maximum atomic E-state index is 12.2. The van der Waals surface area contributed by atoms with Crippen LogP contribution in [0.1, 0.15) is 20.8 Å². The highest BCUT2D eigenvalue weighted by Gasteiger charge is 2.25. The summed E-state index contributed by atoms with van der Waals surface area (Å²) in [5, 5.41) is 11.8. The van der Waals surface area contributed by atoms with Crippen LogP contribution in [0, 0.1) is 11.8 Å². The van der Waals surface area contributed by atoms with Gasteiger partial charge in [-0.1, -0.05) is 13.8 Å². The summed E-state index contributed by atoms with van der Waals surface area (Å²) in [7, 11) is 3.14. The maximum absolute atomic E-state index is 12.2. The Morgan fingerprint density at radius 1 is 1.19 bits per heavy atom. The van der Waals surface area contributed by atoms with Gasteiger partial charge in [0.25, 0.3) is 0 Å². The summed E-state index contributed by atoms with van der Waals surface area (Å²) in [5.41, 5.74) is 0. The standard InChI is InChI=1S/C14H28N2O5/c1-10(2)12(13(17)18)8-15-14(19)16(6-7-20-4)11(3)9-21-5/h10-12H,6-9H2,1-5H3,(H,15,19)(H,17,18). The predicted molar refractivity (Wildman–Crippen MR) is 79.3 cm³/mol. The summed E-state index contributed by atoms with van der Waals surface area (Å²) < 4.78 is 10.1. The molecular weight excluding hydrogens is 276 g/mol. The minimum Gasteiger partial charge on any atom is -0.481 e. The number of amides is 2. The van der Waals surface area contributed by atoms with Crippen LogP contribution < -0.4 is 5.32 Å². The van der Waals surface area contributed by atoms with Gasteiger partial charge in [-0.15, -0.1) is 0 Å². The third-order valence-corrected chi connectivity index (χ3v) is 3.33. The number of nitrogens with one attached hydrogen (secondary N) is 1. The lowest BCUT2D eigenvalue weighted by molar-refractivity contribution is -0.142. The fourth-order valence-corrected chi connectivity index (χ4v) is 1.95. The first kappa shape index (κ1) is 19.7. The van der Waals surface area contributed by atoms with E-state index in [2.05, 4.69) is 5.32 Å². The van der Waals surface area contributed by atoms with Crippen LogP contribution in [-0.2, 0) is 14.3 Å². The quantitative estimate of drug-likeness (QED) is 0.629. The van der Waals surface area contributed by atoms with E-state index in [4.69, 9.17) is 14.6 Å². The fraction of sp³-hybridized carbons (Fsp3) is 0.857. The van der Waals surface area contributed by atoms with Crippen molar-refractivity contribution in [3.8, 4) is 0 Å². The molecule has 2 amide bonds. The zero-order chi connectivity index (χ0) is 16.4. The van der Waals surface area contributed by atoms with Crippen molar-refractivity contribution in [3.05, 3.63) is 0 Å². The highest BCUT2D eigenvalue weighted by molar-refractivity contribution is 5.76. The number of rotatable bonds is 10. The first-order chi connectivity index (χ1) is 9.84. The van der Waals surface area contributed by atoms with Crippen LogP contribution in [0.15, 0.2) is 0 Å². The van der Waals surface area contributed by atoms with Gasteiger partial charge >= 0.3 is 12.0 Å². The molecule has 2 unspecified atom stereocenters. The van der Waals surface area contributed by atoms with Crippen LogP contribution >= 0.6 is 0 Å². The van der Waals surface area contributed by atoms with Crippen LogP contribution in [-0.4, -0.2) is 68.6 Å². The SMILES string of the molecule is COCCN(C(=O)NCC(C(=O)O)C(C)C)C(C)COC. The molecule has 124 valence electrons. The molecule has 0 aromatic rings. The molecule has 0 aromatic carbocycles. The van der Waals surface area contributed by atoms with Gasteiger partial charge in [-0.3, -0.25) is 4.79 Å². The molecule has 0 radical (unpaired) electrons. The number of hydrogen-bond acceptors (Lipinski definition) is 4. The Balaban J connectivity index is 4.61. The van der Waals surface area contributed by atoms with Crippen molar-refractivity contribution in [1.29, 1.82) is 0 Å². The molecule has 0 saturated carbocycles. The summed E-state index contributed by atoms with van der Waals surface area (Å²) in [4.78, 5) is 24.9. The summed E-state index contributed by atoms with van der Waals surface area (Å²) >= 11 is 0. The molecule has 7 heteroatoms. The molecule has 0 bridgehead atoms. The number of carbonyl (C=O) groups excluding carboxylic acids is 1. The predicted octanol–water partition coefficient (Wildman–Crippen LogP) is 1.04. The lowest BCUT2D eigenvalue weighted by Gasteiger charge is -2.29. The summed E-state index contributed by atoms with van der Waals surface area (Å²) in [6.45, 7) is 6.86. The van der Waals surface area contributed by atoms with Crippen LogP contribution in [0.25, 0.3) is 0 Å².